The Hall–Kier alpha value is -1.02. The number of aliphatic imine (C=N–C) groups is 1. The molecule has 0 saturated carbocycles. The lowest BCUT2D eigenvalue weighted by Crippen LogP contribution is -2.41. The summed E-state index contributed by atoms with van der Waals surface area (Å²) in [5.41, 5.74) is 4.10. The summed E-state index contributed by atoms with van der Waals surface area (Å²) in [5.74, 6) is 0.878. The highest BCUT2D eigenvalue weighted by Gasteiger charge is 2.16. The Kier molecular flexibility index (Phi) is 8.29. The summed E-state index contributed by atoms with van der Waals surface area (Å²) in [5, 5.41) is 6.73. The van der Waals surface area contributed by atoms with Gasteiger partial charge in [0.05, 0.1) is 12.6 Å². The van der Waals surface area contributed by atoms with E-state index in [-0.39, 0.29) is 24.0 Å². The minimum Gasteiger partial charge on any atom is -0.376 e. The fraction of sp³-hybridized carbons (Fsp3) is 0.632. The summed E-state index contributed by atoms with van der Waals surface area (Å²) in [6, 6.07) is 6.76. The Morgan fingerprint density at radius 3 is 2.96 bits per heavy atom. The minimum atomic E-state index is 0. The van der Waals surface area contributed by atoms with Crippen LogP contribution < -0.4 is 15.5 Å². The van der Waals surface area contributed by atoms with Crippen molar-refractivity contribution in [1.82, 2.24) is 10.6 Å². The molecule has 140 valence electrons. The van der Waals surface area contributed by atoms with Crippen molar-refractivity contribution in [3.8, 4) is 0 Å². The number of aryl methyl sites for hydroxylation is 1. The van der Waals surface area contributed by atoms with E-state index in [0.717, 1.165) is 38.6 Å². The summed E-state index contributed by atoms with van der Waals surface area (Å²) in [6.45, 7) is 6.55. The predicted molar refractivity (Wildman–Crippen MR) is 115 cm³/mol. The van der Waals surface area contributed by atoms with Gasteiger partial charge in [-0.25, -0.2) is 4.99 Å². The molecule has 25 heavy (non-hydrogen) atoms. The first-order chi connectivity index (χ1) is 11.8. The number of fused-ring (bicyclic) bond motifs is 1. The Bertz CT molecular complexity index is 573. The number of ether oxygens (including phenoxy) is 1. The van der Waals surface area contributed by atoms with Crippen LogP contribution in [0.3, 0.4) is 0 Å². The van der Waals surface area contributed by atoms with Gasteiger partial charge in [0.25, 0.3) is 0 Å². The minimum absolute atomic E-state index is 0. The molecule has 2 N–H and O–H groups in total. The van der Waals surface area contributed by atoms with Gasteiger partial charge in [0.2, 0.25) is 0 Å². The Balaban J connectivity index is 0.00000225. The average Bonchev–Trinajstić information content (AvgIpc) is 3.11. The monoisotopic (exact) mass is 458 g/mol. The Labute approximate surface area is 168 Å². The molecule has 3 rings (SSSR count). The molecule has 1 aromatic rings. The predicted octanol–water partition coefficient (Wildman–Crippen LogP) is 2.92. The maximum absolute atomic E-state index is 5.67. The van der Waals surface area contributed by atoms with Crippen molar-refractivity contribution >= 4 is 35.6 Å². The van der Waals surface area contributed by atoms with Gasteiger partial charge in [-0.3, -0.25) is 0 Å². The van der Waals surface area contributed by atoms with Crippen molar-refractivity contribution < 1.29 is 4.74 Å². The summed E-state index contributed by atoms with van der Waals surface area (Å²) >= 11 is 0. The molecule has 2 aliphatic rings. The molecule has 0 spiro atoms. The molecule has 2 heterocycles. The van der Waals surface area contributed by atoms with Crippen LogP contribution >= 0.6 is 24.0 Å². The van der Waals surface area contributed by atoms with Gasteiger partial charge in [0.15, 0.2) is 5.96 Å². The molecule has 0 aliphatic carbocycles. The summed E-state index contributed by atoms with van der Waals surface area (Å²) in [6.07, 6.45) is 5.05. The fourth-order valence-corrected chi connectivity index (χ4v) is 3.46. The third-order valence-electron chi connectivity index (χ3n) is 4.78. The third kappa shape index (κ3) is 5.74. The zero-order valence-electron chi connectivity index (χ0n) is 15.4. The molecule has 1 fully saturated rings. The number of nitrogens with one attached hydrogen (secondary N) is 2. The molecule has 5 nitrogen and oxygen atoms in total. The van der Waals surface area contributed by atoms with Crippen LogP contribution in [0.1, 0.15) is 37.3 Å². The lowest BCUT2D eigenvalue weighted by Gasteiger charge is -2.27. The number of hydrogen-bond donors (Lipinski definition) is 2. The van der Waals surface area contributed by atoms with Crippen molar-refractivity contribution in [2.75, 3.05) is 38.2 Å². The second-order valence-corrected chi connectivity index (χ2v) is 6.70. The van der Waals surface area contributed by atoms with Crippen molar-refractivity contribution in [2.24, 2.45) is 4.99 Å². The third-order valence-corrected chi connectivity index (χ3v) is 4.78. The van der Waals surface area contributed by atoms with Crippen molar-refractivity contribution in [3.63, 3.8) is 0 Å². The van der Waals surface area contributed by atoms with Crippen LogP contribution in [0.15, 0.2) is 23.2 Å². The van der Waals surface area contributed by atoms with Gasteiger partial charge in [-0.15, -0.1) is 24.0 Å². The number of rotatable bonds is 5. The van der Waals surface area contributed by atoms with E-state index in [1.165, 1.54) is 36.1 Å². The largest absolute Gasteiger partial charge is 0.376 e. The van der Waals surface area contributed by atoms with Gasteiger partial charge in [-0.1, -0.05) is 12.1 Å². The van der Waals surface area contributed by atoms with Crippen molar-refractivity contribution in [2.45, 2.75) is 45.3 Å². The molecule has 0 aromatic heterocycles. The van der Waals surface area contributed by atoms with Crippen LogP contribution in [0.25, 0.3) is 0 Å². The zero-order chi connectivity index (χ0) is 16.8. The fourth-order valence-electron chi connectivity index (χ4n) is 3.46. The lowest BCUT2D eigenvalue weighted by atomic mass is 10.00. The topological polar surface area (TPSA) is 48.9 Å². The van der Waals surface area contributed by atoms with Crippen LogP contribution in [0, 0.1) is 0 Å². The normalized spacial score (nSPS) is 20.0. The van der Waals surface area contributed by atoms with E-state index in [1.807, 2.05) is 0 Å². The molecular weight excluding hydrogens is 427 g/mol. The van der Waals surface area contributed by atoms with Crippen molar-refractivity contribution in [1.29, 1.82) is 0 Å². The number of benzene rings is 1. The first-order valence-electron chi connectivity index (χ1n) is 9.23. The zero-order valence-corrected chi connectivity index (χ0v) is 17.7. The van der Waals surface area contributed by atoms with Gasteiger partial charge in [0, 0.05) is 39.0 Å². The van der Waals surface area contributed by atoms with Crippen LogP contribution in [-0.2, 0) is 17.7 Å². The van der Waals surface area contributed by atoms with Crippen LogP contribution in [0.2, 0.25) is 0 Å². The van der Waals surface area contributed by atoms with E-state index >= 15 is 0 Å². The van der Waals surface area contributed by atoms with Gasteiger partial charge in [0.1, 0.15) is 0 Å². The highest BCUT2D eigenvalue weighted by atomic mass is 127. The molecule has 2 aliphatic heterocycles. The molecule has 1 aromatic carbocycles. The SMILES string of the molecule is CCNC(=NCc1ccc2c(c1)CCCN2C)NCC1CCCO1.I. The van der Waals surface area contributed by atoms with E-state index in [0.29, 0.717) is 12.6 Å². The maximum Gasteiger partial charge on any atom is 0.191 e. The van der Waals surface area contributed by atoms with E-state index in [1.54, 1.807) is 0 Å². The Morgan fingerprint density at radius 2 is 2.20 bits per heavy atom. The Morgan fingerprint density at radius 1 is 1.32 bits per heavy atom. The number of anilines is 1. The quantitative estimate of drug-likeness (QED) is 0.405. The molecule has 1 atom stereocenters. The lowest BCUT2D eigenvalue weighted by molar-refractivity contribution is 0.114. The number of hydrogen-bond acceptors (Lipinski definition) is 3. The molecule has 1 unspecified atom stereocenters. The van der Waals surface area contributed by atoms with Crippen molar-refractivity contribution in [3.05, 3.63) is 29.3 Å². The molecule has 6 heteroatoms. The first kappa shape index (κ1) is 20.3. The number of guanidine groups is 1. The van der Waals surface area contributed by atoms with E-state index in [9.17, 15) is 0 Å². The number of halogens is 1. The summed E-state index contributed by atoms with van der Waals surface area (Å²) < 4.78 is 5.67. The summed E-state index contributed by atoms with van der Waals surface area (Å²) in [4.78, 5) is 7.08. The van der Waals surface area contributed by atoms with E-state index < -0.39 is 0 Å². The highest BCUT2D eigenvalue weighted by Crippen LogP contribution is 2.26. The van der Waals surface area contributed by atoms with Crippen LogP contribution in [-0.4, -0.2) is 45.4 Å². The molecular formula is C19H31IN4O. The second kappa shape index (κ2) is 10.2. The average molecular weight is 458 g/mol. The van der Waals surface area contributed by atoms with Gasteiger partial charge < -0.3 is 20.3 Å². The van der Waals surface area contributed by atoms with E-state index in [2.05, 4.69) is 47.7 Å². The van der Waals surface area contributed by atoms with Crippen LogP contribution in [0.4, 0.5) is 5.69 Å². The van der Waals surface area contributed by atoms with Gasteiger partial charge in [-0.2, -0.15) is 0 Å². The highest BCUT2D eigenvalue weighted by molar-refractivity contribution is 14.0. The molecule has 0 amide bonds. The van der Waals surface area contributed by atoms with Gasteiger partial charge in [-0.05, 0) is 49.8 Å². The smallest absolute Gasteiger partial charge is 0.191 e. The molecule has 0 bridgehead atoms. The molecule has 1 saturated heterocycles. The maximum atomic E-state index is 5.67. The first-order valence-corrected chi connectivity index (χ1v) is 9.23. The van der Waals surface area contributed by atoms with Crippen LogP contribution in [0.5, 0.6) is 0 Å². The number of nitrogens with zero attached hydrogens (tertiary/aromatic N) is 2. The molecule has 0 radical (unpaired) electrons. The van der Waals surface area contributed by atoms with E-state index in [4.69, 9.17) is 9.73 Å². The summed E-state index contributed by atoms with van der Waals surface area (Å²) in [7, 11) is 2.17. The standard InChI is InChI=1S/C19H30N4O.HI/c1-3-20-19(22-14-17-7-5-11-24-17)21-13-15-8-9-18-16(12-15)6-4-10-23(18)2;/h8-9,12,17H,3-7,10-11,13-14H2,1-2H3,(H2,20,21,22);1H. The van der Waals surface area contributed by atoms with Gasteiger partial charge >= 0.3 is 0 Å². The second-order valence-electron chi connectivity index (χ2n) is 6.70.